The minimum absolute atomic E-state index is 0.0249. The summed E-state index contributed by atoms with van der Waals surface area (Å²) in [7, 11) is 1.64. The van der Waals surface area contributed by atoms with Gasteiger partial charge in [-0.05, 0) is 43.7 Å². The van der Waals surface area contributed by atoms with Gasteiger partial charge in [0.25, 0.3) is 5.91 Å². The van der Waals surface area contributed by atoms with Crippen LogP contribution in [0.1, 0.15) is 30.2 Å². The highest BCUT2D eigenvalue weighted by molar-refractivity contribution is 6.04. The summed E-state index contributed by atoms with van der Waals surface area (Å²) in [5.41, 5.74) is 4.10. The van der Waals surface area contributed by atoms with Crippen molar-refractivity contribution in [1.29, 1.82) is 0 Å². The average molecular weight is 412 g/mol. The summed E-state index contributed by atoms with van der Waals surface area (Å²) in [6, 6.07) is 7.65. The number of nitrogens with zero attached hydrogens (tertiary/aromatic N) is 5. The molecule has 2 aliphatic rings. The lowest BCUT2D eigenvalue weighted by Gasteiger charge is -2.35. The van der Waals surface area contributed by atoms with Crippen LogP contribution in [0.3, 0.4) is 0 Å². The van der Waals surface area contributed by atoms with Crippen molar-refractivity contribution in [3.8, 4) is 5.75 Å². The maximum Gasteiger partial charge on any atom is 0.266 e. The lowest BCUT2D eigenvalue weighted by atomic mass is 10.0. The molecule has 1 saturated heterocycles. The van der Waals surface area contributed by atoms with E-state index in [4.69, 9.17) is 9.57 Å². The van der Waals surface area contributed by atoms with E-state index in [2.05, 4.69) is 35.2 Å². The molecular formula is C22H29N5O3. The number of methoxy groups -OCH3 is 1. The second kappa shape index (κ2) is 8.87. The highest BCUT2D eigenvalue weighted by atomic mass is 16.6. The van der Waals surface area contributed by atoms with Gasteiger partial charge in [0, 0.05) is 57.4 Å². The standard InChI is InChI=1S/C22H29N5O3/c1-4-27-15-18(16(2)23-27)14-25-9-11-26(12-10-25)22(28)21-13-20(24-30-21)17-5-7-19(29-3)8-6-17/h5-8,15,21H,4,9-14H2,1-3H3. The van der Waals surface area contributed by atoms with Crippen molar-refractivity contribution >= 4 is 11.6 Å². The molecular weight excluding hydrogens is 382 g/mol. The van der Waals surface area contributed by atoms with Crippen LogP contribution in [0.25, 0.3) is 0 Å². The van der Waals surface area contributed by atoms with Crippen molar-refractivity contribution in [2.75, 3.05) is 33.3 Å². The van der Waals surface area contributed by atoms with Crippen LogP contribution in [0.4, 0.5) is 0 Å². The quantitative estimate of drug-likeness (QED) is 0.728. The van der Waals surface area contributed by atoms with E-state index in [1.54, 1.807) is 7.11 Å². The number of oxime groups is 1. The number of aryl methyl sites for hydroxylation is 2. The molecule has 0 aliphatic carbocycles. The summed E-state index contributed by atoms with van der Waals surface area (Å²) in [5.74, 6) is 0.817. The predicted octanol–water partition coefficient (Wildman–Crippen LogP) is 2.06. The number of piperazine rings is 1. The second-order valence-corrected chi connectivity index (χ2v) is 7.76. The molecule has 8 nitrogen and oxygen atoms in total. The summed E-state index contributed by atoms with van der Waals surface area (Å²) >= 11 is 0. The minimum atomic E-state index is -0.529. The molecule has 160 valence electrons. The molecule has 1 aromatic heterocycles. The van der Waals surface area contributed by atoms with Crippen LogP contribution in [0.2, 0.25) is 0 Å². The second-order valence-electron chi connectivity index (χ2n) is 7.76. The average Bonchev–Trinajstić information content (AvgIpc) is 3.41. The van der Waals surface area contributed by atoms with E-state index in [1.165, 1.54) is 5.56 Å². The molecule has 3 heterocycles. The van der Waals surface area contributed by atoms with Crippen molar-refractivity contribution in [3.63, 3.8) is 0 Å². The molecule has 1 amide bonds. The number of benzene rings is 1. The molecule has 1 unspecified atom stereocenters. The highest BCUT2D eigenvalue weighted by Crippen LogP contribution is 2.21. The fraction of sp³-hybridized carbons (Fsp3) is 0.500. The Kier molecular flexibility index (Phi) is 6.03. The van der Waals surface area contributed by atoms with Crippen LogP contribution in [-0.2, 0) is 22.7 Å². The number of aromatic nitrogens is 2. The fourth-order valence-corrected chi connectivity index (χ4v) is 3.91. The van der Waals surface area contributed by atoms with Crippen molar-refractivity contribution in [3.05, 3.63) is 47.3 Å². The first-order valence-corrected chi connectivity index (χ1v) is 10.5. The smallest absolute Gasteiger partial charge is 0.266 e. The zero-order valence-corrected chi connectivity index (χ0v) is 17.9. The van der Waals surface area contributed by atoms with E-state index in [0.717, 1.165) is 48.9 Å². The van der Waals surface area contributed by atoms with Crippen molar-refractivity contribution in [2.45, 2.75) is 39.5 Å². The molecule has 2 aromatic rings. The van der Waals surface area contributed by atoms with Gasteiger partial charge in [0.1, 0.15) is 5.75 Å². The Labute approximate surface area is 177 Å². The van der Waals surface area contributed by atoms with Gasteiger partial charge in [-0.15, -0.1) is 0 Å². The summed E-state index contributed by atoms with van der Waals surface area (Å²) < 4.78 is 7.16. The maximum atomic E-state index is 12.9. The number of amides is 1. The summed E-state index contributed by atoms with van der Waals surface area (Å²) in [6.07, 6.45) is 2.09. The number of ether oxygens (including phenoxy) is 1. The fourth-order valence-electron chi connectivity index (χ4n) is 3.91. The Morgan fingerprint density at radius 2 is 1.93 bits per heavy atom. The van der Waals surface area contributed by atoms with Crippen LogP contribution >= 0.6 is 0 Å². The molecule has 2 aliphatic heterocycles. The molecule has 0 saturated carbocycles. The first-order valence-electron chi connectivity index (χ1n) is 10.5. The van der Waals surface area contributed by atoms with E-state index >= 15 is 0 Å². The topological polar surface area (TPSA) is 72.2 Å². The SMILES string of the molecule is CCn1cc(CN2CCN(C(=O)C3CC(c4ccc(OC)cc4)=NO3)CC2)c(C)n1. The summed E-state index contributed by atoms with van der Waals surface area (Å²) in [6.45, 7) is 9.01. The lowest BCUT2D eigenvalue weighted by Crippen LogP contribution is -2.51. The first kappa shape index (κ1) is 20.4. The van der Waals surface area contributed by atoms with Gasteiger partial charge in [0.05, 0.1) is 18.5 Å². The molecule has 30 heavy (non-hydrogen) atoms. The Balaban J connectivity index is 1.28. The highest BCUT2D eigenvalue weighted by Gasteiger charge is 2.34. The lowest BCUT2D eigenvalue weighted by molar-refractivity contribution is -0.143. The van der Waals surface area contributed by atoms with Gasteiger partial charge in [-0.2, -0.15) is 5.10 Å². The Bertz CT molecular complexity index is 913. The maximum absolute atomic E-state index is 12.9. The minimum Gasteiger partial charge on any atom is -0.497 e. The van der Waals surface area contributed by atoms with Crippen molar-refractivity contribution in [2.24, 2.45) is 5.16 Å². The number of rotatable bonds is 6. The van der Waals surface area contributed by atoms with E-state index in [-0.39, 0.29) is 5.91 Å². The third kappa shape index (κ3) is 4.33. The zero-order valence-electron chi connectivity index (χ0n) is 17.9. The molecule has 0 spiro atoms. The zero-order chi connectivity index (χ0) is 21.1. The normalized spacial score (nSPS) is 19.5. The molecule has 1 fully saturated rings. The molecule has 8 heteroatoms. The van der Waals surface area contributed by atoms with Crippen LogP contribution < -0.4 is 4.74 Å². The van der Waals surface area contributed by atoms with Crippen LogP contribution in [0.5, 0.6) is 5.75 Å². The Morgan fingerprint density at radius 1 is 1.20 bits per heavy atom. The third-order valence-corrected chi connectivity index (χ3v) is 5.82. The van der Waals surface area contributed by atoms with E-state index < -0.39 is 6.10 Å². The van der Waals surface area contributed by atoms with E-state index in [0.29, 0.717) is 19.5 Å². The monoisotopic (exact) mass is 411 g/mol. The number of carbonyl (C=O) groups excluding carboxylic acids is 1. The van der Waals surface area contributed by atoms with E-state index in [9.17, 15) is 4.79 Å². The van der Waals surface area contributed by atoms with Gasteiger partial charge in [0.2, 0.25) is 6.10 Å². The van der Waals surface area contributed by atoms with Gasteiger partial charge in [-0.3, -0.25) is 14.4 Å². The Hall–Kier alpha value is -2.87. The van der Waals surface area contributed by atoms with Crippen molar-refractivity contribution in [1.82, 2.24) is 19.6 Å². The number of hydrogen-bond acceptors (Lipinski definition) is 6. The molecule has 0 N–H and O–H groups in total. The number of carbonyl (C=O) groups is 1. The largest absolute Gasteiger partial charge is 0.497 e. The van der Waals surface area contributed by atoms with Crippen LogP contribution in [0.15, 0.2) is 35.6 Å². The van der Waals surface area contributed by atoms with Gasteiger partial charge < -0.3 is 14.5 Å². The van der Waals surface area contributed by atoms with Gasteiger partial charge in [-0.25, -0.2) is 0 Å². The molecule has 4 rings (SSSR count). The van der Waals surface area contributed by atoms with Crippen molar-refractivity contribution < 1.29 is 14.4 Å². The third-order valence-electron chi connectivity index (χ3n) is 5.82. The van der Waals surface area contributed by atoms with Gasteiger partial charge in [0.15, 0.2) is 0 Å². The Morgan fingerprint density at radius 3 is 2.57 bits per heavy atom. The van der Waals surface area contributed by atoms with Crippen LogP contribution in [-0.4, -0.2) is 70.6 Å². The summed E-state index contributed by atoms with van der Waals surface area (Å²) in [4.78, 5) is 22.7. The first-order chi connectivity index (χ1) is 14.6. The van der Waals surface area contributed by atoms with E-state index in [1.807, 2.05) is 33.8 Å². The molecule has 0 bridgehead atoms. The van der Waals surface area contributed by atoms with Gasteiger partial charge in [-0.1, -0.05) is 5.16 Å². The van der Waals surface area contributed by atoms with Gasteiger partial charge >= 0.3 is 0 Å². The molecule has 1 atom stereocenters. The summed E-state index contributed by atoms with van der Waals surface area (Å²) in [5, 5.41) is 8.68. The molecule has 0 radical (unpaired) electrons. The predicted molar refractivity (Wildman–Crippen MR) is 114 cm³/mol. The van der Waals surface area contributed by atoms with Crippen LogP contribution in [0, 0.1) is 6.92 Å². The number of hydrogen-bond donors (Lipinski definition) is 0. The molecule has 1 aromatic carbocycles.